The van der Waals surface area contributed by atoms with Crippen LogP contribution in [0.5, 0.6) is 11.5 Å². The molecule has 2 heterocycles. The number of methoxy groups -OCH3 is 2. The number of hydrogen-bond acceptors (Lipinski definition) is 9. The molecule has 0 unspecified atom stereocenters. The lowest BCUT2D eigenvalue weighted by Crippen LogP contribution is -2.45. The SMILES string of the molecule is COc1ccc([C@@H](C(=O)NC[C@H]2CCCO2)N(C(=O)c2snc(C(N)=O)c2N)c2ccccc2OC)cc1. The van der Waals surface area contributed by atoms with Crippen LogP contribution in [-0.2, 0) is 9.53 Å². The summed E-state index contributed by atoms with van der Waals surface area (Å²) in [6, 6.07) is 12.5. The van der Waals surface area contributed by atoms with Gasteiger partial charge in [-0.15, -0.1) is 0 Å². The monoisotopic (exact) mass is 539 g/mol. The van der Waals surface area contributed by atoms with Crippen LogP contribution in [0.4, 0.5) is 11.4 Å². The standard InChI is InChI=1S/C26H29N5O6S/c1-35-16-11-9-15(10-12-16)22(25(33)29-14-17-6-5-13-37-17)31(18-7-3-4-8-19(18)36-2)26(34)23-20(27)21(24(28)32)30-38-23/h3-4,7-12,17,22H,5-6,13-14,27H2,1-2H3,(H2,28,32)(H,29,33)/t17-,22+/m1/s1. The van der Waals surface area contributed by atoms with Crippen molar-refractivity contribution in [3.05, 3.63) is 64.7 Å². The normalized spacial score (nSPS) is 15.5. The summed E-state index contributed by atoms with van der Waals surface area (Å²) in [7, 11) is 3.00. The zero-order chi connectivity index (χ0) is 27.2. The van der Waals surface area contributed by atoms with E-state index < -0.39 is 23.8 Å². The van der Waals surface area contributed by atoms with Gasteiger partial charge in [-0.2, -0.15) is 4.37 Å². The van der Waals surface area contributed by atoms with Gasteiger partial charge in [0.05, 0.1) is 31.7 Å². The number of ether oxygens (including phenoxy) is 3. The van der Waals surface area contributed by atoms with Crippen molar-refractivity contribution in [1.29, 1.82) is 0 Å². The van der Waals surface area contributed by atoms with Gasteiger partial charge in [0, 0.05) is 13.2 Å². The fourth-order valence-electron chi connectivity index (χ4n) is 4.25. The minimum absolute atomic E-state index is 0.0323. The molecule has 1 fully saturated rings. The van der Waals surface area contributed by atoms with Crippen molar-refractivity contribution < 1.29 is 28.6 Å². The second-order valence-corrected chi connectivity index (χ2v) is 9.31. The topological polar surface area (TPSA) is 159 Å². The molecule has 0 saturated carbocycles. The van der Waals surface area contributed by atoms with E-state index in [2.05, 4.69) is 9.69 Å². The predicted octanol–water partition coefficient (Wildman–Crippen LogP) is 2.52. The van der Waals surface area contributed by atoms with Crippen molar-refractivity contribution in [2.45, 2.75) is 25.0 Å². The fourth-order valence-corrected chi connectivity index (χ4v) is 5.00. The largest absolute Gasteiger partial charge is 0.497 e. The summed E-state index contributed by atoms with van der Waals surface area (Å²) >= 11 is 0.734. The highest BCUT2D eigenvalue weighted by atomic mass is 32.1. The number of carbonyl (C=O) groups is 3. The Bertz CT molecular complexity index is 1310. The second kappa shape index (κ2) is 11.9. The van der Waals surface area contributed by atoms with Gasteiger partial charge in [-0.25, -0.2) is 0 Å². The van der Waals surface area contributed by atoms with Crippen LogP contribution in [0.2, 0.25) is 0 Å². The average molecular weight is 540 g/mol. The number of benzene rings is 2. The maximum atomic E-state index is 14.2. The molecule has 1 aromatic heterocycles. The first kappa shape index (κ1) is 26.9. The number of nitrogens with two attached hydrogens (primary N) is 2. The summed E-state index contributed by atoms with van der Waals surface area (Å²) in [6.07, 6.45) is 1.64. The number of primary amides is 1. The van der Waals surface area contributed by atoms with Crippen molar-refractivity contribution >= 4 is 40.6 Å². The third-order valence-corrected chi connectivity index (χ3v) is 7.04. The molecular formula is C26H29N5O6S. The summed E-state index contributed by atoms with van der Waals surface area (Å²) in [5.74, 6) is -1.01. The lowest BCUT2D eigenvalue weighted by molar-refractivity contribution is -0.123. The van der Waals surface area contributed by atoms with Gasteiger partial charge in [-0.05, 0) is 54.2 Å². The number of carbonyl (C=O) groups excluding carboxylic acids is 3. The van der Waals surface area contributed by atoms with E-state index in [9.17, 15) is 14.4 Å². The van der Waals surface area contributed by atoms with E-state index in [0.717, 1.165) is 24.4 Å². The number of hydrogen-bond donors (Lipinski definition) is 3. The van der Waals surface area contributed by atoms with Crippen LogP contribution >= 0.6 is 11.5 Å². The summed E-state index contributed by atoms with van der Waals surface area (Å²) in [4.78, 5) is 41.1. The van der Waals surface area contributed by atoms with Crippen LogP contribution in [0.15, 0.2) is 48.5 Å². The highest BCUT2D eigenvalue weighted by Gasteiger charge is 2.37. The molecule has 1 saturated heterocycles. The molecule has 3 aromatic rings. The number of nitrogens with one attached hydrogen (secondary N) is 1. The molecule has 12 heteroatoms. The lowest BCUT2D eigenvalue weighted by atomic mass is 10.0. The highest BCUT2D eigenvalue weighted by molar-refractivity contribution is 7.09. The number of nitrogens with zero attached hydrogens (tertiary/aromatic N) is 2. The highest BCUT2D eigenvalue weighted by Crippen LogP contribution is 2.38. The van der Waals surface area contributed by atoms with Crippen molar-refractivity contribution in [2.24, 2.45) is 5.73 Å². The first-order valence-electron chi connectivity index (χ1n) is 11.9. The Morgan fingerprint density at radius 3 is 2.50 bits per heavy atom. The molecule has 3 amide bonds. The summed E-state index contributed by atoms with van der Waals surface area (Å²) in [5.41, 5.74) is 12.0. The number of nitrogen functional groups attached to an aromatic ring is 1. The van der Waals surface area contributed by atoms with E-state index in [1.165, 1.54) is 19.1 Å². The summed E-state index contributed by atoms with van der Waals surface area (Å²) in [6.45, 7) is 0.926. The molecule has 0 aliphatic carbocycles. The quantitative estimate of drug-likeness (QED) is 0.354. The molecule has 2 aromatic carbocycles. The van der Waals surface area contributed by atoms with Gasteiger partial charge in [0.15, 0.2) is 5.69 Å². The van der Waals surface area contributed by atoms with Crippen molar-refractivity contribution in [3.8, 4) is 11.5 Å². The Hall–Kier alpha value is -4.16. The first-order chi connectivity index (χ1) is 18.3. The Kier molecular flexibility index (Phi) is 8.44. The second-order valence-electron chi connectivity index (χ2n) is 8.54. The number of amides is 3. The van der Waals surface area contributed by atoms with Crippen molar-refractivity contribution in [1.82, 2.24) is 9.69 Å². The number of para-hydroxylation sites is 2. The molecule has 0 radical (unpaired) electrons. The Balaban J connectivity index is 1.84. The number of aromatic nitrogens is 1. The Labute approximate surface area is 223 Å². The third kappa shape index (κ3) is 5.55. The molecule has 5 N–H and O–H groups in total. The predicted molar refractivity (Wildman–Crippen MR) is 143 cm³/mol. The van der Waals surface area contributed by atoms with Gasteiger partial charge < -0.3 is 31.0 Å². The maximum absolute atomic E-state index is 14.2. The van der Waals surface area contributed by atoms with Crippen LogP contribution < -0.4 is 31.2 Å². The summed E-state index contributed by atoms with van der Waals surface area (Å²) in [5, 5.41) is 2.94. The van der Waals surface area contributed by atoms with Crippen LogP contribution in [0.1, 0.15) is 44.6 Å². The molecule has 0 spiro atoms. The number of anilines is 2. The third-order valence-electron chi connectivity index (χ3n) is 6.19. The first-order valence-corrected chi connectivity index (χ1v) is 12.7. The summed E-state index contributed by atoms with van der Waals surface area (Å²) < 4.78 is 20.5. The molecule has 1 aliphatic rings. The van der Waals surface area contributed by atoms with Gasteiger partial charge in [-0.3, -0.25) is 19.3 Å². The van der Waals surface area contributed by atoms with Crippen LogP contribution in [0.25, 0.3) is 0 Å². The van der Waals surface area contributed by atoms with Crippen LogP contribution in [0, 0.1) is 0 Å². The van der Waals surface area contributed by atoms with E-state index in [-0.39, 0.29) is 28.9 Å². The van der Waals surface area contributed by atoms with Crippen molar-refractivity contribution in [3.63, 3.8) is 0 Å². The minimum atomic E-state index is -1.15. The van der Waals surface area contributed by atoms with Gasteiger partial charge in [0.1, 0.15) is 22.4 Å². The molecule has 1 aliphatic heterocycles. The average Bonchev–Trinajstić information content (AvgIpc) is 3.60. The lowest BCUT2D eigenvalue weighted by Gasteiger charge is -2.32. The van der Waals surface area contributed by atoms with Gasteiger partial charge in [0.25, 0.3) is 11.8 Å². The Morgan fingerprint density at radius 1 is 1.16 bits per heavy atom. The van der Waals surface area contributed by atoms with E-state index in [1.54, 1.807) is 48.5 Å². The number of rotatable bonds is 10. The molecule has 2 atom stereocenters. The van der Waals surface area contributed by atoms with E-state index in [4.69, 9.17) is 25.7 Å². The van der Waals surface area contributed by atoms with Crippen LogP contribution in [-0.4, -0.2) is 55.6 Å². The minimum Gasteiger partial charge on any atom is -0.497 e. The molecule has 11 nitrogen and oxygen atoms in total. The van der Waals surface area contributed by atoms with Gasteiger partial charge in [-0.1, -0.05) is 24.3 Å². The maximum Gasteiger partial charge on any atom is 0.273 e. The van der Waals surface area contributed by atoms with E-state index >= 15 is 0 Å². The molecule has 0 bridgehead atoms. The molecular weight excluding hydrogens is 510 g/mol. The molecule has 200 valence electrons. The zero-order valence-electron chi connectivity index (χ0n) is 21.0. The smallest absolute Gasteiger partial charge is 0.273 e. The van der Waals surface area contributed by atoms with Crippen LogP contribution in [0.3, 0.4) is 0 Å². The van der Waals surface area contributed by atoms with Gasteiger partial charge in [0.2, 0.25) is 5.91 Å². The molecule has 4 rings (SSSR count). The zero-order valence-corrected chi connectivity index (χ0v) is 21.8. The van der Waals surface area contributed by atoms with Gasteiger partial charge >= 0.3 is 0 Å². The van der Waals surface area contributed by atoms with E-state index in [0.29, 0.717) is 29.4 Å². The molecule has 38 heavy (non-hydrogen) atoms. The van der Waals surface area contributed by atoms with Crippen molar-refractivity contribution in [2.75, 3.05) is 38.0 Å². The Morgan fingerprint density at radius 2 is 1.89 bits per heavy atom. The van der Waals surface area contributed by atoms with E-state index in [1.807, 2.05) is 0 Å². The fraction of sp³-hybridized carbons (Fsp3) is 0.308.